The van der Waals surface area contributed by atoms with Crippen LogP contribution in [-0.4, -0.2) is 16.4 Å². The molecule has 0 radical (unpaired) electrons. The first-order chi connectivity index (χ1) is 8.51. The van der Waals surface area contributed by atoms with Gasteiger partial charge in [-0.25, -0.2) is 4.98 Å². The molecular weight excluding hydrogens is 246 g/mol. The van der Waals surface area contributed by atoms with Crippen molar-refractivity contribution < 1.29 is 4.79 Å². The van der Waals surface area contributed by atoms with E-state index in [-0.39, 0.29) is 11.9 Å². The number of nitrogens with one attached hydrogen (secondary N) is 1. The fourth-order valence-electron chi connectivity index (χ4n) is 2.38. The molecule has 0 aromatic carbocycles. The van der Waals surface area contributed by atoms with Gasteiger partial charge in [0.05, 0.1) is 11.6 Å². The maximum Gasteiger partial charge on any atom is 0.240 e. The Morgan fingerprint density at radius 3 is 2.72 bits per heavy atom. The molecule has 5 heteroatoms. The minimum absolute atomic E-state index is 0.0254. The SMILES string of the molecule is Cc1cnc(C(C)NC(=O)C2(N)CCCCC2)s1. The minimum Gasteiger partial charge on any atom is -0.346 e. The van der Waals surface area contributed by atoms with Crippen molar-refractivity contribution in [1.29, 1.82) is 0 Å². The van der Waals surface area contributed by atoms with Gasteiger partial charge in [-0.15, -0.1) is 11.3 Å². The van der Waals surface area contributed by atoms with Crippen LogP contribution in [0.15, 0.2) is 6.20 Å². The summed E-state index contributed by atoms with van der Waals surface area (Å²) >= 11 is 1.62. The van der Waals surface area contributed by atoms with Crippen molar-refractivity contribution in [2.45, 2.75) is 57.5 Å². The normalized spacial score (nSPS) is 20.4. The number of aromatic nitrogens is 1. The van der Waals surface area contributed by atoms with Crippen LogP contribution in [0.5, 0.6) is 0 Å². The van der Waals surface area contributed by atoms with Crippen LogP contribution in [-0.2, 0) is 4.79 Å². The summed E-state index contributed by atoms with van der Waals surface area (Å²) in [5.74, 6) is -0.0254. The molecular formula is C13H21N3OS. The first-order valence-electron chi connectivity index (χ1n) is 6.53. The van der Waals surface area contributed by atoms with Crippen LogP contribution in [0.2, 0.25) is 0 Å². The summed E-state index contributed by atoms with van der Waals surface area (Å²) in [7, 11) is 0. The first-order valence-corrected chi connectivity index (χ1v) is 7.35. The van der Waals surface area contributed by atoms with Crippen LogP contribution in [0.25, 0.3) is 0 Å². The topological polar surface area (TPSA) is 68.0 Å². The number of amides is 1. The molecule has 0 bridgehead atoms. The average Bonchev–Trinajstić information content (AvgIpc) is 2.77. The molecule has 1 unspecified atom stereocenters. The monoisotopic (exact) mass is 267 g/mol. The quantitative estimate of drug-likeness (QED) is 0.883. The molecule has 1 aliphatic rings. The third-order valence-corrected chi connectivity index (χ3v) is 4.65. The third-order valence-electron chi connectivity index (χ3n) is 3.56. The summed E-state index contributed by atoms with van der Waals surface area (Å²) < 4.78 is 0. The number of nitrogens with two attached hydrogens (primary N) is 1. The predicted octanol–water partition coefficient (Wildman–Crippen LogP) is 2.29. The van der Waals surface area contributed by atoms with E-state index in [4.69, 9.17) is 5.73 Å². The van der Waals surface area contributed by atoms with Crippen LogP contribution >= 0.6 is 11.3 Å². The zero-order valence-corrected chi connectivity index (χ0v) is 11.8. The van der Waals surface area contributed by atoms with Crippen molar-refractivity contribution in [2.24, 2.45) is 5.73 Å². The summed E-state index contributed by atoms with van der Waals surface area (Å²) in [4.78, 5) is 17.7. The van der Waals surface area contributed by atoms with Crippen molar-refractivity contribution in [3.8, 4) is 0 Å². The molecule has 4 nitrogen and oxygen atoms in total. The van der Waals surface area contributed by atoms with Crippen molar-refractivity contribution in [3.63, 3.8) is 0 Å². The molecule has 18 heavy (non-hydrogen) atoms. The molecule has 0 aliphatic heterocycles. The largest absolute Gasteiger partial charge is 0.346 e. The van der Waals surface area contributed by atoms with Gasteiger partial charge in [0, 0.05) is 11.1 Å². The van der Waals surface area contributed by atoms with E-state index in [0.717, 1.165) is 35.6 Å². The number of carbonyl (C=O) groups is 1. The Bertz CT molecular complexity index is 424. The Balaban J connectivity index is 1.98. The number of hydrogen-bond donors (Lipinski definition) is 2. The lowest BCUT2D eigenvalue weighted by atomic mass is 9.82. The van der Waals surface area contributed by atoms with Gasteiger partial charge in [-0.2, -0.15) is 0 Å². The van der Waals surface area contributed by atoms with E-state index in [2.05, 4.69) is 10.3 Å². The summed E-state index contributed by atoms with van der Waals surface area (Å²) in [6.45, 7) is 3.98. The summed E-state index contributed by atoms with van der Waals surface area (Å²) in [5.41, 5.74) is 5.54. The van der Waals surface area contributed by atoms with E-state index < -0.39 is 5.54 Å². The Kier molecular flexibility index (Phi) is 4.02. The molecule has 2 rings (SSSR count). The Morgan fingerprint density at radius 1 is 1.50 bits per heavy atom. The molecule has 1 aromatic heterocycles. The van der Waals surface area contributed by atoms with Crippen LogP contribution in [0, 0.1) is 6.92 Å². The van der Waals surface area contributed by atoms with Crippen molar-refractivity contribution in [2.75, 3.05) is 0 Å². The van der Waals surface area contributed by atoms with E-state index in [1.54, 1.807) is 11.3 Å². The highest BCUT2D eigenvalue weighted by molar-refractivity contribution is 7.11. The van der Waals surface area contributed by atoms with E-state index in [0.29, 0.717) is 0 Å². The van der Waals surface area contributed by atoms with Gasteiger partial charge in [-0.1, -0.05) is 19.3 Å². The van der Waals surface area contributed by atoms with Crippen LogP contribution in [0.4, 0.5) is 0 Å². The zero-order valence-electron chi connectivity index (χ0n) is 11.0. The van der Waals surface area contributed by atoms with Crippen LogP contribution < -0.4 is 11.1 Å². The average molecular weight is 267 g/mol. The molecule has 1 atom stereocenters. The standard InChI is InChI=1S/C13H21N3OS/c1-9-8-15-11(18-9)10(2)16-12(17)13(14)6-4-3-5-7-13/h8,10H,3-7,14H2,1-2H3,(H,16,17). The molecule has 1 fully saturated rings. The molecule has 1 saturated carbocycles. The molecule has 1 heterocycles. The summed E-state index contributed by atoms with van der Waals surface area (Å²) in [5, 5.41) is 3.95. The first kappa shape index (κ1) is 13.5. The highest BCUT2D eigenvalue weighted by Crippen LogP contribution is 2.27. The fourth-order valence-corrected chi connectivity index (χ4v) is 3.16. The Labute approximate surface area is 112 Å². The van der Waals surface area contributed by atoms with E-state index in [1.807, 2.05) is 20.0 Å². The number of hydrogen-bond acceptors (Lipinski definition) is 4. The van der Waals surface area contributed by atoms with Gasteiger partial charge >= 0.3 is 0 Å². The fraction of sp³-hybridized carbons (Fsp3) is 0.692. The maximum absolute atomic E-state index is 12.3. The van der Waals surface area contributed by atoms with E-state index in [1.165, 1.54) is 6.42 Å². The summed E-state index contributed by atoms with van der Waals surface area (Å²) in [6, 6.07) is -0.0569. The van der Waals surface area contributed by atoms with Gasteiger partial charge in [0.15, 0.2) is 0 Å². The molecule has 100 valence electrons. The van der Waals surface area contributed by atoms with E-state index >= 15 is 0 Å². The molecule has 0 saturated heterocycles. The van der Waals surface area contributed by atoms with Gasteiger partial charge in [0.2, 0.25) is 5.91 Å². The number of carbonyl (C=O) groups excluding carboxylic acids is 1. The van der Waals surface area contributed by atoms with Gasteiger partial charge in [-0.05, 0) is 26.7 Å². The second kappa shape index (κ2) is 5.36. The number of thiazole rings is 1. The van der Waals surface area contributed by atoms with Crippen LogP contribution in [0.1, 0.15) is 55.0 Å². The molecule has 0 spiro atoms. The van der Waals surface area contributed by atoms with Gasteiger partial charge < -0.3 is 11.1 Å². The van der Waals surface area contributed by atoms with Gasteiger partial charge in [-0.3, -0.25) is 4.79 Å². The van der Waals surface area contributed by atoms with Crippen LogP contribution in [0.3, 0.4) is 0 Å². The molecule has 1 amide bonds. The lowest BCUT2D eigenvalue weighted by Gasteiger charge is -2.32. The maximum atomic E-state index is 12.3. The zero-order chi connectivity index (χ0) is 13.2. The number of aryl methyl sites for hydroxylation is 1. The smallest absolute Gasteiger partial charge is 0.240 e. The lowest BCUT2D eigenvalue weighted by molar-refractivity contribution is -0.128. The summed E-state index contributed by atoms with van der Waals surface area (Å²) in [6.07, 6.45) is 6.71. The number of rotatable bonds is 3. The van der Waals surface area contributed by atoms with Crippen molar-refractivity contribution in [3.05, 3.63) is 16.1 Å². The second-order valence-corrected chi connectivity index (χ2v) is 6.49. The number of nitrogens with zero attached hydrogens (tertiary/aromatic N) is 1. The van der Waals surface area contributed by atoms with E-state index in [9.17, 15) is 4.79 Å². The molecule has 1 aliphatic carbocycles. The minimum atomic E-state index is -0.668. The van der Waals surface area contributed by atoms with Crippen molar-refractivity contribution >= 4 is 17.2 Å². The van der Waals surface area contributed by atoms with Crippen molar-refractivity contribution in [1.82, 2.24) is 10.3 Å². The second-order valence-electron chi connectivity index (χ2n) is 5.22. The lowest BCUT2D eigenvalue weighted by Crippen LogP contribution is -2.55. The molecule has 3 N–H and O–H groups in total. The van der Waals surface area contributed by atoms with Gasteiger partial charge in [0.25, 0.3) is 0 Å². The van der Waals surface area contributed by atoms with Gasteiger partial charge in [0.1, 0.15) is 5.01 Å². The Morgan fingerprint density at radius 2 is 2.17 bits per heavy atom. The predicted molar refractivity (Wildman–Crippen MR) is 73.4 cm³/mol. The third kappa shape index (κ3) is 2.90. The molecule has 1 aromatic rings. The Hall–Kier alpha value is -0.940. The highest BCUT2D eigenvalue weighted by Gasteiger charge is 2.36. The highest BCUT2D eigenvalue weighted by atomic mass is 32.1.